The van der Waals surface area contributed by atoms with E-state index in [1.165, 1.54) is 0 Å². The minimum atomic E-state index is -0.156. The van der Waals surface area contributed by atoms with Crippen molar-refractivity contribution in [1.29, 1.82) is 0 Å². The molecule has 142 valence electrons. The lowest BCUT2D eigenvalue weighted by Gasteiger charge is -2.31. The summed E-state index contributed by atoms with van der Waals surface area (Å²) in [6.45, 7) is 4.56. The number of aryl methyl sites for hydroxylation is 1. The van der Waals surface area contributed by atoms with E-state index in [0.717, 1.165) is 36.3 Å². The molecule has 1 heterocycles. The quantitative estimate of drug-likeness (QED) is 0.893. The van der Waals surface area contributed by atoms with Gasteiger partial charge in [0.15, 0.2) is 0 Å². The Morgan fingerprint density at radius 2 is 1.89 bits per heavy atom. The second kappa shape index (κ2) is 7.82. The van der Waals surface area contributed by atoms with E-state index < -0.39 is 0 Å². The van der Waals surface area contributed by atoms with Crippen molar-refractivity contribution in [3.05, 3.63) is 53.6 Å². The summed E-state index contributed by atoms with van der Waals surface area (Å²) in [5, 5.41) is 2.97. The third kappa shape index (κ3) is 4.13. The minimum Gasteiger partial charge on any atom is -0.378 e. The highest BCUT2D eigenvalue weighted by molar-refractivity contribution is 6.05. The van der Waals surface area contributed by atoms with Crippen molar-refractivity contribution in [2.75, 3.05) is 35.8 Å². The molecule has 0 bridgehead atoms. The van der Waals surface area contributed by atoms with Crippen LogP contribution in [-0.2, 0) is 11.2 Å². The van der Waals surface area contributed by atoms with Crippen molar-refractivity contribution in [2.45, 2.75) is 26.7 Å². The lowest BCUT2D eigenvalue weighted by molar-refractivity contribution is -0.121. The van der Waals surface area contributed by atoms with Gasteiger partial charge >= 0.3 is 0 Å². The summed E-state index contributed by atoms with van der Waals surface area (Å²) in [7, 11) is 3.89. The normalized spacial score (nSPS) is 13.3. The number of carbonyl (C=O) groups excluding carboxylic acids is 2. The molecule has 0 fully saturated rings. The predicted octanol–water partition coefficient (Wildman–Crippen LogP) is 3.94. The van der Waals surface area contributed by atoms with Gasteiger partial charge in [0.2, 0.25) is 5.91 Å². The number of nitrogens with one attached hydrogen (secondary N) is 1. The van der Waals surface area contributed by atoms with Crippen LogP contribution in [0.1, 0.15) is 36.2 Å². The van der Waals surface area contributed by atoms with E-state index in [-0.39, 0.29) is 17.7 Å². The van der Waals surface area contributed by atoms with Crippen LogP contribution in [-0.4, -0.2) is 32.5 Å². The average Bonchev–Trinajstić information content (AvgIpc) is 2.66. The summed E-state index contributed by atoms with van der Waals surface area (Å²) >= 11 is 0. The maximum Gasteiger partial charge on any atom is 0.255 e. The molecule has 0 radical (unpaired) electrons. The van der Waals surface area contributed by atoms with Gasteiger partial charge in [0, 0.05) is 49.2 Å². The van der Waals surface area contributed by atoms with Crippen molar-refractivity contribution in [2.24, 2.45) is 5.92 Å². The third-order valence-corrected chi connectivity index (χ3v) is 4.85. The first-order valence-electron chi connectivity index (χ1n) is 9.40. The molecular weight excluding hydrogens is 338 g/mol. The third-order valence-electron chi connectivity index (χ3n) is 4.85. The first-order chi connectivity index (χ1) is 12.9. The Morgan fingerprint density at radius 3 is 2.59 bits per heavy atom. The zero-order chi connectivity index (χ0) is 19.6. The van der Waals surface area contributed by atoms with E-state index in [0.29, 0.717) is 11.3 Å². The van der Waals surface area contributed by atoms with Crippen LogP contribution < -0.4 is 15.1 Å². The molecule has 5 nitrogen and oxygen atoms in total. The molecule has 5 heteroatoms. The number of amides is 2. The Morgan fingerprint density at radius 1 is 1.11 bits per heavy atom. The lowest BCUT2D eigenvalue weighted by Crippen LogP contribution is -2.38. The molecule has 1 N–H and O–H groups in total. The number of nitrogens with zero attached hydrogens (tertiary/aromatic N) is 2. The van der Waals surface area contributed by atoms with Crippen LogP contribution in [0, 0.1) is 5.92 Å². The maximum absolute atomic E-state index is 12.7. The largest absolute Gasteiger partial charge is 0.378 e. The van der Waals surface area contributed by atoms with Crippen LogP contribution in [0.15, 0.2) is 42.5 Å². The second-order valence-corrected chi connectivity index (χ2v) is 7.49. The summed E-state index contributed by atoms with van der Waals surface area (Å²) in [5.41, 5.74) is 4.36. The highest BCUT2D eigenvalue weighted by Gasteiger charge is 2.24. The van der Waals surface area contributed by atoms with Crippen LogP contribution >= 0.6 is 0 Å². The Bertz CT molecular complexity index is 858. The zero-order valence-corrected chi connectivity index (χ0v) is 16.5. The molecule has 2 amide bonds. The van der Waals surface area contributed by atoms with Gasteiger partial charge < -0.3 is 15.1 Å². The van der Waals surface area contributed by atoms with Gasteiger partial charge in [-0.05, 0) is 48.7 Å². The van der Waals surface area contributed by atoms with Crippen LogP contribution in [0.5, 0.6) is 0 Å². The van der Waals surface area contributed by atoms with Crippen LogP contribution in [0.2, 0.25) is 0 Å². The number of hydrogen-bond acceptors (Lipinski definition) is 3. The van der Waals surface area contributed by atoms with Gasteiger partial charge in [0.1, 0.15) is 0 Å². The Hall–Kier alpha value is -2.82. The standard InChI is InChI=1S/C22H27N3O2/c1-15(2)22(27)25-12-6-8-16-10-11-18(14-20(16)25)23-21(26)17-7-5-9-19(13-17)24(3)4/h5,7,9-11,13-15H,6,8,12H2,1-4H3,(H,23,26). The van der Waals surface area contributed by atoms with E-state index in [9.17, 15) is 9.59 Å². The number of rotatable bonds is 4. The van der Waals surface area contributed by atoms with Gasteiger partial charge in [0.05, 0.1) is 0 Å². The SMILES string of the molecule is CC(C)C(=O)N1CCCc2ccc(NC(=O)c3cccc(N(C)C)c3)cc21. The van der Waals surface area contributed by atoms with Gasteiger partial charge in [-0.3, -0.25) is 9.59 Å². The Balaban J connectivity index is 1.84. The molecule has 0 spiro atoms. The summed E-state index contributed by atoms with van der Waals surface area (Å²) in [6, 6.07) is 13.3. The summed E-state index contributed by atoms with van der Waals surface area (Å²) in [4.78, 5) is 29.0. The fraction of sp³-hybridized carbons (Fsp3) is 0.364. The number of benzene rings is 2. The van der Waals surface area contributed by atoms with Crippen molar-refractivity contribution >= 4 is 28.9 Å². The monoisotopic (exact) mass is 365 g/mol. The minimum absolute atomic E-state index is 0.0528. The van der Waals surface area contributed by atoms with Crippen molar-refractivity contribution < 1.29 is 9.59 Å². The molecule has 1 aliphatic rings. The zero-order valence-electron chi connectivity index (χ0n) is 16.5. The topological polar surface area (TPSA) is 52.7 Å². The molecule has 0 atom stereocenters. The van der Waals surface area contributed by atoms with E-state index in [1.54, 1.807) is 6.07 Å². The lowest BCUT2D eigenvalue weighted by atomic mass is 9.99. The molecule has 2 aromatic rings. The Labute approximate surface area is 161 Å². The first kappa shape index (κ1) is 19.0. The summed E-state index contributed by atoms with van der Waals surface area (Å²) in [6.07, 6.45) is 1.92. The van der Waals surface area contributed by atoms with E-state index >= 15 is 0 Å². The smallest absolute Gasteiger partial charge is 0.255 e. The Kier molecular flexibility index (Phi) is 5.49. The molecule has 2 aromatic carbocycles. The number of carbonyl (C=O) groups is 2. The van der Waals surface area contributed by atoms with E-state index in [4.69, 9.17) is 0 Å². The molecule has 0 saturated carbocycles. The average molecular weight is 365 g/mol. The van der Waals surface area contributed by atoms with Gasteiger partial charge in [-0.1, -0.05) is 26.0 Å². The molecule has 0 aromatic heterocycles. The van der Waals surface area contributed by atoms with Crippen molar-refractivity contribution in [3.8, 4) is 0 Å². The van der Waals surface area contributed by atoms with Gasteiger partial charge in [-0.25, -0.2) is 0 Å². The van der Waals surface area contributed by atoms with Gasteiger partial charge in [0.25, 0.3) is 5.91 Å². The van der Waals surface area contributed by atoms with Crippen LogP contribution in [0.3, 0.4) is 0 Å². The van der Waals surface area contributed by atoms with Crippen molar-refractivity contribution in [3.63, 3.8) is 0 Å². The summed E-state index contributed by atoms with van der Waals surface area (Å²) in [5.74, 6) is -0.0859. The number of hydrogen-bond donors (Lipinski definition) is 1. The summed E-state index contributed by atoms with van der Waals surface area (Å²) < 4.78 is 0. The molecular formula is C22H27N3O2. The number of fused-ring (bicyclic) bond motifs is 1. The maximum atomic E-state index is 12.7. The highest BCUT2D eigenvalue weighted by atomic mass is 16.2. The molecule has 0 saturated heterocycles. The first-order valence-corrected chi connectivity index (χ1v) is 9.40. The predicted molar refractivity (Wildman–Crippen MR) is 111 cm³/mol. The van der Waals surface area contributed by atoms with Crippen LogP contribution in [0.25, 0.3) is 0 Å². The van der Waals surface area contributed by atoms with E-state index in [2.05, 4.69) is 5.32 Å². The molecule has 0 aliphatic carbocycles. The van der Waals surface area contributed by atoms with Gasteiger partial charge in [-0.15, -0.1) is 0 Å². The van der Waals surface area contributed by atoms with Crippen LogP contribution in [0.4, 0.5) is 17.1 Å². The molecule has 0 unspecified atom stereocenters. The van der Waals surface area contributed by atoms with Crippen molar-refractivity contribution in [1.82, 2.24) is 0 Å². The molecule has 3 rings (SSSR count). The molecule has 1 aliphatic heterocycles. The van der Waals surface area contributed by atoms with Gasteiger partial charge in [-0.2, -0.15) is 0 Å². The number of anilines is 3. The fourth-order valence-electron chi connectivity index (χ4n) is 3.32. The molecule has 27 heavy (non-hydrogen) atoms. The van der Waals surface area contributed by atoms with E-state index in [1.807, 2.05) is 74.1 Å². The second-order valence-electron chi connectivity index (χ2n) is 7.49. The fourth-order valence-corrected chi connectivity index (χ4v) is 3.32. The highest BCUT2D eigenvalue weighted by Crippen LogP contribution is 2.31.